The van der Waals surface area contributed by atoms with Gasteiger partial charge in [0.2, 0.25) is 15.3 Å². The molecule has 0 saturated carbocycles. The van der Waals surface area contributed by atoms with Gasteiger partial charge in [-0.15, -0.1) is 0 Å². The first-order chi connectivity index (χ1) is 10.4. The van der Waals surface area contributed by atoms with Gasteiger partial charge >= 0.3 is 0 Å². The molecular weight excluding hydrogens is 324 g/mol. The van der Waals surface area contributed by atoms with Crippen LogP contribution in [0.25, 0.3) is 11.0 Å². The average molecular weight is 335 g/mol. The number of sulfone groups is 1. The van der Waals surface area contributed by atoms with Gasteiger partial charge in [0.25, 0.3) is 0 Å². The van der Waals surface area contributed by atoms with Crippen molar-refractivity contribution in [1.29, 1.82) is 0 Å². The van der Waals surface area contributed by atoms with E-state index >= 15 is 0 Å². The van der Waals surface area contributed by atoms with Crippen molar-refractivity contribution in [2.75, 3.05) is 0 Å². The molecule has 0 fully saturated rings. The Morgan fingerprint density at radius 1 is 1.05 bits per heavy atom. The Bertz CT molecular complexity index is 1020. The Kier molecular flexibility index (Phi) is 3.54. The lowest BCUT2D eigenvalue weighted by molar-refractivity contribution is 0.566. The minimum Gasteiger partial charge on any atom is -0.463 e. The van der Waals surface area contributed by atoms with Crippen molar-refractivity contribution >= 4 is 32.4 Å². The van der Waals surface area contributed by atoms with Crippen LogP contribution < -0.4 is 5.43 Å². The minimum absolute atomic E-state index is 0.00402. The number of benzene rings is 2. The Balaban J connectivity index is 2.26. The summed E-state index contributed by atoms with van der Waals surface area (Å²) in [7, 11) is -3.95. The number of halogens is 1. The first kappa shape index (κ1) is 14.8. The number of hydrogen-bond donors (Lipinski definition) is 0. The van der Waals surface area contributed by atoms with Crippen LogP contribution in [-0.4, -0.2) is 8.42 Å². The molecule has 0 amide bonds. The molecule has 0 bridgehead atoms. The highest BCUT2D eigenvalue weighted by molar-refractivity contribution is 7.91. The summed E-state index contributed by atoms with van der Waals surface area (Å²) in [5, 5.41) is 0.653. The van der Waals surface area contributed by atoms with Gasteiger partial charge in [0.05, 0.1) is 10.3 Å². The molecule has 0 spiro atoms. The molecule has 0 aliphatic carbocycles. The van der Waals surface area contributed by atoms with Gasteiger partial charge in [0, 0.05) is 5.02 Å². The standard InChI is InChI=1S/C16H11ClO4S/c1-10-2-7-13-14(8-10)21-9-15(16(13)18)22(19,20)12-5-3-11(17)4-6-12/h2-9H,1H3. The normalized spacial score (nSPS) is 11.7. The highest BCUT2D eigenvalue weighted by Gasteiger charge is 2.23. The predicted molar refractivity (Wildman–Crippen MR) is 84.1 cm³/mol. The maximum Gasteiger partial charge on any atom is 0.213 e. The lowest BCUT2D eigenvalue weighted by atomic mass is 10.2. The highest BCUT2D eigenvalue weighted by atomic mass is 35.5. The second-order valence-electron chi connectivity index (χ2n) is 4.89. The van der Waals surface area contributed by atoms with Gasteiger partial charge in [0.15, 0.2) is 4.90 Å². The predicted octanol–water partition coefficient (Wildman–Crippen LogP) is 3.59. The van der Waals surface area contributed by atoms with Crippen LogP contribution >= 0.6 is 11.6 Å². The summed E-state index contributed by atoms with van der Waals surface area (Å²) >= 11 is 5.76. The van der Waals surface area contributed by atoms with Crippen molar-refractivity contribution in [3.05, 3.63) is 69.5 Å². The zero-order valence-electron chi connectivity index (χ0n) is 11.5. The molecule has 3 rings (SSSR count). The Morgan fingerprint density at radius 3 is 2.41 bits per heavy atom. The Hall–Kier alpha value is -2.11. The van der Waals surface area contributed by atoms with Gasteiger partial charge in [0.1, 0.15) is 11.8 Å². The maximum atomic E-state index is 12.6. The third-order valence-corrected chi connectivity index (χ3v) is 5.32. The van der Waals surface area contributed by atoms with Crippen LogP contribution in [0.2, 0.25) is 5.02 Å². The van der Waals surface area contributed by atoms with Gasteiger partial charge < -0.3 is 4.42 Å². The van der Waals surface area contributed by atoms with Gasteiger partial charge in [-0.05, 0) is 48.9 Å². The topological polar surface area (TPSA) is 64.3 Å². The van der Waals surface area contributed by atoms with Gasteiger partial charge in [-0.25, -0.2) is 8.42 Å². The maximum absolute atomic E-state index is 12.6. The van der Waals surface area contributed by atoms with E-state index in [4.69, 9.17) is 16.0 Å². The molecule has 4 nitrogen and oxygen atoms in total. The zero-order valence-corrected chi connectivity index (χ0v) is 13.1. The summed E-state index contributed by atoms with van der Waals surface area (Å²) in [6.45, 7) is 1.86. The van der Waals surface area contributed by atoms with Crippen LogP contribution in [-0.2, 0) is 9.84 Å². The van der Waals surface area contributed by atoms with Crippen LogP contribution in [0.3, 0.4) is 0 Å². The fraction of sp³-hybridized carbons (Fsp3) is 0.0625. The molecule has 112 valence electrons. The van der Waals surface area contributed by atoms with Crippen LogP contribution in [0.1, 0.15) is 5.56 Å². The zero-order chi connectivity index (χ0) is 15.9. The van der Waals surface area contributed by atoms with E-state index in [1.54, 1.807) is 18.2 Å². The van der Waals surface area contributed by atoms with Gasteiger partial charge in [-0.1, -0.05) is 17.7 Å². The molecule has 0 N–H and O–H groups in total. The van der Waals surface area contributed by atoms with Crippen molar-refractivity contribution in [2.24, 2.45) is 0 Å². The molecular formula is C16H11ClO4S. The smallest absolute Gasteiger partial charge is 0.213 e. The first-order valence-corrected chi connectivity index (χ1v) is 8.28. The summed E-state index contributed by atoms with van der Waals surface area (Å²) in [5.41, 5.74) is 0.709. The summed E-state index contributed by atoms with van der Waals surface area (Å²) in [5.74, 6) is 0. The van der Waals surface area contributed by atoms with Crippen molar-refractivity contribution in [2.45, 2.75) is 16.7 Å². The van der Waals surface area contributed by atoms with E-state index < -0.39 is 15.3 Å². The molecule has 1 heterocycles. The van der Waals surface area contributed by atoms with Crippen LogP contribution in [0.5, 0.6) is 0 Å². The molecule has 0 saturated heterocycles. The third kappa shape index (κ3) is 2.42. The molecule has 0 unspecified atom stereocenters. The molecule has 1 aromatic heterocycles. The lowest BCUT2D eigenvalue weighted by Crippen LogP contribution is -2.15. The molecule has 6 heteroatoms. The van der Waals surface area contributed by atoms with Crippen molar-refractivity contribution < 1.29 is 12.8 Å². The van der Waals surface area contributed by atoms with E-state index in [1.165, 1.54) is 24.3 Å². The van der Waals surface area contributed by atoms with Crippen molar-refractivity contribution in [3.8, 4) is 0 Å². The number of fused-ring (bicyclic) bond motifs is 1. The Morgan fingerprint density at radius 2 is 1.73 bits per heavy atom. The quantitative estimate of drug-likeness (QED) is 0.718. The largest absolute Gasteiger partial charge is 0.463 e. The van der Waals surface area contributed by atoms with Gasteiger partial charge in [-0.2, -0.15) is 0 Å². The summed E-state index contributed by atoms with van der Waals surface area (Å²) in [6, 6.07) is 10.6. The fourth-order valence-electron chi connectivity index (χ4n) is 2.14. The average Bonchev–Trinajstić information content (AvgIpc) is 2.47. The van der Waals surface area contributed by atoms with E-state index in [0.29, 0.717) is 10.6 Å². The number of hydrogen-bond acceptors (Lipinski definition) is 4. The Labute approximate surface area is 131 Å². The molecule has 3 aromatic rings. The molecule has 0 aliphatic rings. The first-order valence-electron chi connectivity index (χ1n) is 6.42. The van der Waals surface area contributed by atoms with E-state index in [2.05, 4.69) is 0 Å². The second-order valence-corrected chi connectivity index (χ2v) is 7.24. The van der Waals surface area contributed by atoms with E-state index in [1.807, 2.05) is 6.92 Å². The fourth-order valence-corrected chi connectivity index (χ4v) is 3.55. The summed E-state index contributed by atoms with van der Waals surface area (Å²) in [4.78, 5) is 12.1. The molecule has 22 heavy (non-hydrogen) atoms. The van der Waals surface area contributed by atoms with E-state index in [-0.39, 0.29) is 15.2 Å². The lowest BCUT2D eigenvalue weighted by Gasteiger charge is -2.05. The second kappa shape index (κ2) is 5.26. The van der Waals surface area contributed by atoms with Crippen LogP contribution in [0, 0.1) is 6.92 Å². The van der Waals surface area contributed by atoms with E-state index in [9.17, 15) is 13.2 Å². The summed E-state index contributed by atoms with van der Waals surface area (Å²) < 4.78 is 30.5. The number of aryl methyl sites for hydroxylation is 1. The van der Waals surface area contributed by atoms with E-state index in [0.717, 1.165) is 11.8 Å². The number of rotatable bonds is 2. The van der Waals surface area contributed by atoms with Crippen molar-refractivity contribution in [3.63, 3.8) is 0 Å². The molecule has 0 atom stereocenters. The molecule has 2 aromatic carbocycles. The van der Waals surface area contributed by atoms with Crippen LogP contribution in [0.15, 0.2) is 67.7 Å². The third-order valence-electron chi connectivity index (χ3n) is 3.31. The molecule has 0 aliphatic heterocycles. The van der Waals surface area contributed by atoms with Gasteiger partial charge in [-0.3, -0.25) is 4.79 Å². The SMILES string of the molecule is Cc1ccc2c(=O)c(S(=O)(=O)c3ccc(Cl)cc3)coc2c1. The molecule has 0 radical (unpaired) electrons. The summed E-state index contributed by atoms with van der Waals surface area (Å²) in [6.07, 6.45) is 0.994. The minimum atomic E-state index is -3.95. The highest BCUT2D eigenvalue weighted by Crippen LogP contribution is 2.22. The van der Waals surface area contributed by atoms with Crippen molar-refractivity contribution in [1.82, 2.24) is 0 Å². The monoisotopic (exact) mass is 334 g/mol. The van der Waals surface area contributed by atoms with Crippen LogP contribution in [0.4, 0.5) is 0 Å².